The minimum absolute atomic E-state index is 0.139. The Kier molecular flexibility index (Phi) is 3.92. The molecule has 0 atom stereocenters. The third kappa shape index (κ3) is 2.96. The highest BCUT2D eigenvalue weighted by atomic mass is 32.1. The average Bonchev–Trinajstić information content (AvgIpc) is 3.03. The van der Waals surface area contributed by atoms with Crippen molar-refractivity contribution in [3.8, 4) is 0 Å². The zero-order valence-corrected chi connectivity index (χ0v) is 11.9. The second-order valence-corrected chi connectivity index (χ2v) is 5.70. The topological polar surface area (TPSA) is 58.1 Å². The van der Waals surface area contributed by atoms with Crippen LogP contribution in [0.15, 0.2) is 29.6 Å². The second-order valence-electron chi connectivity index (χ2n) is 4.76. The predicted molar refractivity (Wildman–Crippen MR) is 80.4 cm³/mol. The van der Waals surface area contributed by atoms with Crippen LogP contribution in [0.3, 0.4) is 0 Å². The summed E-state index contributed by atoms with van der Waals surface area (Å²) in [5.41, 5.74) is 0. The average molecular weight is 288 g/mol. The maximum atomic E-state index is 11.9. The Hall–Kier alpha value is -1.95. The van der Waals surface area contributed by atoms with Gasteiger partial charge in [-0.3, -0.25) is 4.79 Å². The van der Waals surface area contributed by atoms with Gasteiger partial charge < -0.3 is 10.2 Å². The van der Waals surface area contributed by atoms with Gasteiger partial charge in [0.15, 0.2) is 11.6 Å². The van der Waals surface area contributed by atoms with Crippen molar-refractivity contribution in [2.24, 2.45) is 0 Å². The molecule has 1 aliphatic rings. The fourth-order valence-electron chi connectivity index (χ4n) is 2.27. The molecular formula is C14H16N4OS. The maximum Gasteiger partial charge on any atom is 0.266 e. The molecule has 6 heteroatoms. The van der Waals surface area contributed by atoms with Crippen LogP contribution < -0.4 is 10.2 Å². The number of carbonyl (C=O) groups is 1. The van der Waals surface area contributed by atoms with Crippen LogP contribution in [-0.4, -0.2) is 29.2 Å². The molecule has 1 N–H and O–H groups in total. The molecule has 0 bridgehead atoms. The molecular weight excluding hydrogens is 272 g/mol. The van der Waals surface area contributed by atoms with Gasteiger partial charge in [-0.2, -0.15) is 0 Å². The molecule has 0 aromatic carbocycles. The van der Waals surface area contributed by atoms with Crippen molar-refractivity contribution < 1.29 is 4.79 Å². The molecule has 3 rings (SSSR count). The Labute approximate surface area is 121 Å². The van der Waals surface area contributed by atoms with Crippen molar-refractivity contribution in [1.82, 2.24) is 10.2 Å². The highest BCUT2D eigenvalue weighted by Crippen LogP contribution is 2.18. The summed E-state index contributed by atoms with van der Waals surface area (Å²) in [5.74, 6) is 1.24. The SMILES string of the molecule is O=C(Nc1ccc(N2CCCCC2)nn1)c1cccs1. The summed E-state index contributed by atoms with van der Waals surface area (Å²) in [6.07, 6.45) is 3.70. The van der Waals surface area contributed by atoms with Crippen LogP contribution in [0.5, 0.6) is 0 Å². The number of rotatable bonds is 3. The van der Waals surface area contributed by atoms with E-state index in [1.807, 2.05) is 23.6 Å². The first-order valence-electron chi connectivity index (χ1n) is 6.76. The van der Waals surface area contributed by atoms with Crippen LogP contribution >= 0.6 is 11.3 Å². The first-order chi connectivity index (χ1) is 9.83. The third-order valence-electron chi connectivity index (χ3n) is 3.32. The van der Waals surface area contributed by atoms with Gasteiger partial charge in [0.2, 0.25) is 0 Å². The van der Waals surface area contributed by atoms with E-state index in [0.29, 0.717) is 10.7 Å². The van der Waals surface area contributed by atoms with E-state index < -0.39 is 0 Å². The fraction of sp³-hybridized carbons (Fsp3) is 0.357. The molecule has 1 saturated heterocycles. The molecule has 5 nitrogen and oxygen atoms in total. The molecule has 2 aromatic heterocycles. The number of piperidine rings is 1. The van der Waals surface area contributed by atoms with Gasteiger partial charge in [0.05, 0.1) is 4.88 Å². The van der Waals surface area contributed by atoms with Gasteiger partial charge in [-0.15, -0.1) is 21.5 Å². The highest BCUT2D eigenvalue weighted by molar-refractivity contribution is 7.12. The van der Waals surface area contributed by atoms with E-state index in [4.69, 9.17) is 0 Å². The molecule has 1 aliphatic heterocycles. The number of carbonyl (C=O) groups excluding carboxylic acids is 1. The second kappa shape index (κ2) is 6.00. The van der Waals surface area contributed by atoms with Crippen LogP contribution in [0.4, 0.5) is 11.6 Å². The molecule has 0 spiro atoms. The van der Waals surface area contributed by atoms with Crippen molar-refractivity contribution in [2.45, 2.75) is 19.3 Å². The maximum absolute atomic E-state index is 11.9. The van der Waals surface area contributed by atoms with Crippen LogP contribution in [0.25, 0.3) is 0 Å². The predicted octanol–water partition coefficient (Wildman–Crippen LogP) is 2.78. The first kappa shape index (κ1) is 13.1. The molecule has 0 unspecified atom stereocenters. The van der Waals surface area contributed by atoms with Crippen LogP contribution in [0, 0.1) is 0 Å². The largest absolute Gasteiger partial charge is 0.355 e. The Morgan fingerprint density at radius 2 is 2.00 bits per heavy atom. The van der Waals surface area contributed by atoms with E-state index in [9.17, 15) is 4.79 Å². The van der Waals surface area contributed by atoms with Crippen molar-refractivity contribution >= 4 is 28.9 Å². The number of nitrogens with zero attached hydrogens (tertiary/aromatic N) is 3. The molecule has 104 valence electrons. The molecule has 0 aliphatic carbocycles. The lowest BCUT2D eigenvalue weighted by molar-refractivity contribution is 0.103. The number of nitrogens with one attached hydrogen (secondary N) is 1. The summed E-state index contributed by atoms with van der Waals surface area (Å²) < 4.78 is 0. The minimum atomic E-state index is -0.139. The quantitative estimate of drug-likeness (QED) is 0.943. The van der Waals surface area contributed by atoms with E-state index in [1.54, 1.807) is 6.07 Å². The smallest absolute Gasteiger partial charge is 0.266 e. The minimum Gasteiger partial charge on any atom is -0.355 e. The molecule has 1 fully saturated rings. The number of anilines is 2. The van der Waals surface area contributed by atoms with Gasteiger partial charge >= 0.3 is 0 Å². The van der Waals surface area contributed by atoms with Crippen molar-refractivity contribution in [1.29, 1.82) is 0 Å². The summed E-state index contributed by atoms with van der Waals surface area (Å²) in [6.45, 7) is 2.07. The van der Waals surface area contributed by atoms with Crippen molar-refractivity contribution in [3.63, 3.8) is 0 Å². The van der Waals surface area contributed by atoms with Crippen LogP contribution in [0.2, 0.25) is 0 Å². The van der Waals surface area contributed by atoms with E-state index in [1.165, 1.54) is 30.6 Å². The van der Waals surface area contributed by atoms with Gasteiger partial charge in [-0.25, -0.2) is 0 Å². The summed E-state index contributed by atoms with van der Waals surface area (Å²) in [4.78, 5) is 14.8. The number of aromatic nitrogens is 2. The molecule has 0 saturated carbocycles. The molecule has 1 amide bonds. The summed E-state index contributed by atoms with van der Waals surface area (Å²) >= 11 is 1.41. The Morgan fingerprint density at radius 1 is 1.15 bits per heavy atom. The lowest BCUT2D eigenvalue weighted by Crippen LogP contribution is -2.30. The van der Waals surface area contributed by atoms with Gasteiger partial charge in [0, 0.05) is 13.1 Å². The number of amides is 1. The monoisotopic (exact) mass is 288 g/mol. The molecule has 2 aromatic rings. The molecule has 0 radical (unpaired) electrons. The number of hydrogen-bond donors (Lipinski definition) is 1. The first-order valence-corrected chi connectivity index (χ1v) is 7.64. The Balaban J connectivity index is 1.65. The van der Waals surface area contributed by atoms with Gasteiger partial charge in [-0.1, -0.05) is 6.07 Å². The third-order valence-corrected chi connectivity index (χ3v) is 4.19. The van der Waals surface area contributed by atoms with Crippen molar-refractivity contribution in [3.05, 3.63) is 34.5 Å². The van der Waals surface area contributed by atoms with Crippen LogP contribution in [0.1, 0.15) is 28.9 Å². The fourth-order valence-corrected chi connectivity index (χ4v) is 2.89. The van der Waals surface area contributed by atoms with Gasteiger partial charge in [0.25, 0.3) is 5.91 Å². The Morgan fingerprint density at radius 3 is 2.65 bits per heavy atom. The zero-order chi connectivity index (χ0) is 13.8. The van der Waals surface area contributed by atoms with E-state index in [0.717, 1.165) is 18.9 Å². The highest BCUT2D eigenvalue weighted by Gasteiger charge is 2.13. The Bertz CT molecular complexity index is 561. The van der Waals surface area contributed by atoms with Gasteiger partial charge in [-0.05, 0) is 42.8 Å². The van der Waals surface area contributed by atoms with E-state index >= 15 is 0 Å². The zero-order valence-electron chi connectivity index (χ0n) is 11.1. The summed E-state index contributed by atoms with van der Waals surface area (Å²) in [7, 11) is 0. The van der Waals surface area contributed by atoms with Gasteiger partial charge in [0.1, 0.15) is 0 Å². The normalized spacial score (nSPS) is 15.1. The number of hydrogen-bond acceptors (Lipinski definition) is 5. The lowest BCUT2D eigenvalue weighted by atomic mass is 10.1. The van der Waals surface area contributed by atoms with E-state index in [2.05, 4.69) is 20.4 Å². The standard InChI is InChI=1S/C14H16N4OS/c19-14(11-5-4-10-20-11)15-12-6-7-13(17-16-12)18-8-2-1-3-9-18/h4-7,10H,1-3,8-9H2,(H,15,16,19). The lowest BCUT2D eigenvalue weighted by Gasteiger charge is -2.27. The number of thiophene rings is 1. The summed E-state index contributed by atoms with van der Waals surface area (Å²) in [5, 5.41) is 12.9. The van der Waals surface area contributed by atoms with E-state index in [-0.39, 0.29) is 5.91 Å². The molecule has 3 heterocycles. The summed E-state index contributed by atoms with van der Waals surface area (Å²) in [6, 6.07) is 7.37. The van der Waals surface area contributed by atoms with Crippen molar-refractivity contribution in [2.75, 3.05) is 23.3 Å². The molecule has 20 heavy (non-hydrogen) atoms. The van der Waals surface area contributed by atoms with Crippen LogP contribution in [-0.2, 0) is 0 Å².